The molecule has 0 amide bonds. The Morgan fingerprint density at radius 3 is 2.95 bits per heavy atom. The van der Waals surface area contributed by atoms with E-state index in [0.29, 0.717) is 6.54 Å². The topological polar surface area (TPSA) is 60.9 Å². The van der Waals surface area contributed by atoms with Crippen molar-refractivity contribution >= 4 is 11.8 Å². The van der Waals surface area contributed by atoms with Crippen LogP contribution in [0.5, 0.6) is 0 Å². The first-order chi connectivity index (χ1) is 10.7. The first-order valence-electron chi connectivity index (χ1n) is 7.76. The van der Waals surface area contributed by atoms with Gasteiger partial charge in [0.25, 0.3) is 0 Å². The van der Waals surface area contributed by atoms with E-state index in [1.807, 2.05) is 18.0 Å². The number of hydrogen-bond acceptors (Lipinski definition) is 4. The molecule has 1 aromatic carbocycles. The molecule has 2 aromatic rings. The molecule has 1 aliphatic rings. The van der Waals surface area contributed by atoms with Crippen LogP contribution in [0.25, 0.3) is 11.3 Å². The monoisotopic (exact) mass is 317 g/mol. The lowest BCUT2D eigenvalue weighted by atomic mass is 9.97. The van der Waals surface area contributed by atoms with Crippen LogP contribution in [0.3, 0.4) is 0 Å². The van der Waals surface area contributed by atoms with Gasteiger partial charge in [-0.05, 0) is 37.3 Å². The van der Waals surface area contributed by atoms with E-state index < -0.39 is 5.60 Å². The van der Waals surface area contributed by atoms with Gasteiger partial charge in [0.1, 0.15) is 0 Å². The molecule has 1 fully saturated rings. The number of nitrogens with one attached hydrogen (secondary N) is 2. The molecule has 0 unspecified atom stereocenters. The quantitative estimate of drug-likeness (QED) is 0.793. The zero-order chi connectivity index (χ0) is 15.4. The summed E-state index contributed by atoms with van der Waals surface area (Å²) in [6, 6.07) is 8.40. The predicted octanol–water partition coefficient (Wildman–Crippen LogP) is 2.73. The van der Waals surface area contributed by atoms with Gasteiger partial charge in [-0.3, -0.25) is 5.10 Å². The predicted molar refractivity (Wildman–Crippen MR) is 92.0 cm³/mol. The summed E-state index contributed by atoms with van der Waals surface area (Å²) in [5.41, 5.74) is 4.04. The summed E-state index contributed by atoms with van der Waals surface area (Å²) in [4.78, 5) is 0. The molecule has 1 aromatic heterocycles. The van der Waals surface area contributed by atoms with Crippen LogP contribution in [0.15, 0.2) is 30.5 Å². The highest BCUT2D eigenvalue weighted by molar-refractivity contribution is 7.99. The average molecular weight is 317 g/mol. The largest absolute Gasteiger partial charge is 0.389 e. The molecular weight excluding hydrogens is 294 g/mol. The Balaban J connectivity index is 1.63. The van der Waals surface area contributed by atoms with Gasteiger partial charge >= 0.3 is 0 Å². The molecule has 4 nitrogen and oxygen atoms in total. The SMILES string of the molecule is Cc1cccc(-c2[nH]ncc2CNCC2(O)CCSCC2)c1. The maximum atomic E-state index is 10.5. The van der Waals surface area contributed by atoms with E-state index >= 15 is 0 Å². The number of aliphatic hydroxyl groups is 1. The average Bonchev–Trinajstić information content (AvgIpc) is 2.96. The molecule has 0 aliphatic carbocycles. The number of H-pyrrole nitrogens is 1. The van der Waals surface area contributed by atoms with E-state index in [0.717, 1.165) is 47.7 Å². The summed E-state index contributed by atoms with van der Waals surface area (Å²) < 4.78 is 0. The highest BCUT2D eigenvalue weighted by Crippen LogP contribution is 2.26. The maximum Gasteiger partial charge on any atom is 0.0787 e. The van der Waals surface area contributed by atoms with Gasteiger partial charge < -0.3 is 10.4 Å². The summed E-state index contributed by atoms with van der Waals surface area (Å²) in [6.45, 7) is 3.45. The molecule has 0 atom stereocenters. The number of nitrogens with zero attached hydrogens (tertiary/aromatic N) is 1. The van der Waals surface area contributed by atoms with Crippen LogP contribution in [-0.4, -0.2) is 39.0 Å². The summed E-state index contributed by atoms with van der Waals surface area (Å²) in [5, 5.41) is 21.2. The maximum absolute atomic E-state index is 10.5. The van der Waals surface area contributed by atoms with Gasteiger partial charge in [-0.15, -0.1) is 0 Å². The highest BCUT2D eigenvalue weighted by atomic mass is 32.2. The van der Waals surface area contributed by atoms with Gasteiger partial charge in [0, 0.05) is 24.2 Å². The lowest BCUT2D eigenvalue weighted by Crippen LogP contribution is -2.43. The summed E-state index contributed by atoms with van der Waals surface area (Å²) in [6.07, 6.45) is 3.62. The van der Waals surface area contributed by atoms with E-state index in [1.165, 1.54) is 5.56 Å². The van der Waals surface area contributed by atoms with Crippen LogP contribution < -0.4 is 5.32 Å². The van der Waals surface area contributed by atoms with E-state index in [-0.39, 0.29) is 0 Å². The highest BCUT2D eigenvalue weighted by Gasteiger charge is 2.28. The molecule has 0 radical (unpaired) electrons. The molecule has 3 N–H and O–H groups in total. The second-order valence-corrected chi connectivity index (χ2v) is 7.30. The standard InChI is InChI=1S/C17H23N3OS/c1-13-3-2-4-14(9-13)16-15(11-19-20-16)10-18-12-17(21)5-7-22-8-6-17/h2-4,9,11,18,21H,5-8,10,12H2,1H3,(H,19,20). The Kier molecular flexibility index (Phi) is 4.86. The summed E-state index contributed by atoms with van der Waals surface area (Å²) in [5.74, 6) is 2.11. The molecule has 22 heavy (non-hydrogen) atoms. The minimum absolute atomic E-state index is 0.543. The third kappa shape index (κ3) is 3.72. The van der Waals surface area contributed by atoms with Crippen molar-refractivity contribution in [3.8, 4) is 11.3 Å². The molecule has 3 rings (SSSR count). The van der Waals surface area contributed by atoms with Gasteiger partial charge in [0.05, 0.1) is 17.5 Å². The normalized spacial score (nSPS) is 17.5. The lowest BCUT2D eigenvalue weighted by Gasteiger charge is -2.32. The van der Waals surface area contributed by atoms with Crippen molar-refractivity contribution in [1.29, 1.82) is 0 Å². The minimum atomic E-state index is -0.543. The molecule has 0 spiro atoms. The van der Waals surface area contributed by atoms with Crippen molar-refractivity contribution in [1.82, 2.24) is 15.5 Å². The van der Waals surface area contributed by atoms with Gasteiger partial charge in [0.2, 0.25) is 0 Å². The molecule has 1 saturated heterocycles. The fourth-order valence-corrected chi connectivity index (χ4v) is 4.11. The Hall–Kier alpha value is -1.30. The lowest BCUT2D eigenvalue weighted by molar-refractivity contribution is 0.0320. The smallest absolute Gasteiger partial charge is 0.0787 e. The first kappa shape index (κ1) is 15.6. The number of thioether (sulfide) groups is 1. The van der Waals surface area contributed by atoms with Crippen LogP contribution in [0.1, 0.15) is 24.0 Å². The van der Waals surface area contributed by atoms with Crippen molar-refractivity contribution < 1.29 is 5.11 Å². The first-order valence-corrected chi connectivity index (χ1v) is 8.92. The molecule has 5 heteroatoms. The fourth-order valence-electron chi connectivity index (χ4n) is 2.85. The second-order valence-electron chi connectivity index (χ2n) is 6.08. The Morgan fingerprint density at radius 1 is 1.36 bits per heavy atom. The Bertz CT molecular complexity index is 620. The van der Waals surface area contributed by atoms with Gasteiger partial charge in [-0.2, -0.15) is 16.9 Å². The third-order valence-corrected chi connectivity index (χ3v) is 5.20. The van der Waals surface area contributed by atoms with E-state index in [2.05, 4.69) is 46.7 Å². The van der Waals surface area contributed by atoms with E-state index in [9.17, 15) is 5.11 Å². The number of aromatic nitrogens is 2. The van der Waals surface area contributed by atoms with Crippen molar-refractivity contribution in [2.24, 2.45) is 0 Å². The molecule has 2 heterocycles. The van der Waals surface area contributed by atoms with Crippen LogP contribution in [0, 0.1) is 6.92 Å². The number of aromatic amines is 1. The minimum Gasteiger partial charge on any atom is -0.389 e. The zero-order valence-corrected chi connectivity index (χ0v) is 13.7. The van der Waals surface area contributed by atoms with Crippen molar-refractivity contribution in [2.75, 3.05) is 18.1 Å². The van der Waals surface area contributed by atoms with Crippen LogP contribution in [-0.2, 0) is 6.54 Å². The number of rotatable bonds is 5. The molecule has 118 valence electrons. The van der Waals surface area contributed by atoms with Crippen LogP contribution in [0.2, 0.25) is 0 Å². The third-order valence-electron chi connectivity index (χ3n) is 4.22. The van der Waals surface area contributed by atoms with Crippen molar-refractivity contribution in [2.45, 2.75) is 31.9 Å². The summed E-state index contributed by atoms with van der Waals surface area (Å²) >= 11 is 1.93. The molecule has 0 bridgehead atoms. The summed E-state index contributed by atoms with van der Waals surface area (Å²) in [7, 11) is 0. The molecule has 1 aliphatic heterocycles. The number of benzene rings is 1. The second kappa shape index (κ2) is 6.86. The van der Waals surface area contributed by atoms with Crippen molar-refractivity contribution in [3.05, 3.63) is 41.6 Å². The van der Waals surface area contributed by atoms with Gasteiger partial charge in [-0.1, -0.05) is 23.8 Å². The number of aryl methyl sites for hydroxylation is 1. The van der Waals surface area contributed by atoms with E-state index in [4.69, 9.17) is 0 Å². The van der Waals surface area contributed by atoms with Gasteiger partial charge in [-0.25, -0.2) is 0 Å². The van der Waals surface area contributed by atoms with E-state index in [1.54, 1.807) is 0 Å². The van der Waals surface area contributed by atoms with Gasteiger partial charge in [0.15, 0.2) is 0 Å². The number of hydrogen-bond donors (Lipinski definition) is 3. The molecular formula is C17H23N3OS. The Morgan fingerprint density at radius 2 is 2.18 bits per heavy atom. The Labute approximate surface area is 135 Å². The fraction of sp³-hybridized carbons (Fsp3) is 0.471. The van der Waals surface area contributed by atoms with Crippen LogP contribution >= 0.6 is 11.8 Å². The van der Waals surface area contributed by atoms with Crippen molar-refractivity contribution in [3.63, 3.8) is 0 Å². The zero-order valence-electron chi connectivity index (χ0n) is 12.9. The van der Waals surface area contributed by atoms with Crippen LogP contribution in [0.4, 0.5) is 0 Å². The molecule has 0 saturated carbocycles.